The van der Waals surface area contributed by atoms with Gasteiger partial charge in [0.05, 0.1) is 16.0 Å². The highest BCUT2D eigenvalue weighted by atomic mass is 35.5. The summed E-state index contributed by atoms with van der Waals surface area (Å²) in [4.78, 5) is 12.8. The fourth-order valence-corrected chi connectivity index (χ4v) is 2.78. The molecule has 1 aromatic rings. The number of allylic oxidation sites excluding steroid dienone is 2. The van der Waals surface area contributed by atoms with Crippen molar-refractivity contribution in [3.8, 4) is 0 Å². The fourth-order valence-electron chi connectivity index (χ4n) is 2.39. The van der Waals surface area contributed by atoms with Gasteiger partial charge in [-0.15, -0.1) is 0 Å². The van der Waals surface area contributed by atoms with Gasteiger partial charge in [-0.05, 0) is 25.1 Å². The van der Waals surface area contributed by atoms with Crippen LogP contribution in [0.1, 0.15) is 17.3 Å². The van der Waals surface area contributed by atoms with Crippen molar-refractivity contribution in [1.29, 1.82) is 0 Å². The number of rotatable bonds is 5. The zero-order valence-electron chi connectivity index (χ0n) is 12.1. The Balaban J connectivity index is 2.47. The average molecular weight is 345 g/mol. The molecule has 0 bridgehead atoms. The van der Waals surface area contributed by atoms with Crippen LogP contribution in [0.3, 0.4) is 0 Å². The number of carbonyl (C=O) groups excluding carboxylic acids is 1. The highest BCUT2D eigenvalue weighted by molar-refractivity contribution is 6.44. The first-order chi connectivity index (χ1) is 10.4. The summed E-state index contributed by atoms with van der Waals surface area (Å²) in [6.45, 7) is 1.98. The third kappa shape index (κ3) is 3.10. The van der Waals surface area contributed by atoms with E-state index in [1.165, 1.54) is 19.3 Å². The van der Waals surface area contributed by atoms with Crippen LogP contribution in [-0.2, 0) is 9.47 Å². The topological polar surface area (TPSA) is 35.5 Å². The molecule has 0 spiro atoms. The van der Waals surface area contributed by atoms with Crippen molar-refractivity contribution in [3.63, 3.8) is 0 Å². The van der Waals surface area contributed by atoms with E-state index in [9.17, 15) is 9.18 Å². The molecule has 0 heterocycles. The number of halogens is 3. The molecule has 1 aromatic carbocycles. The maximum atomic E-state index is 13.6. The largest absolute Gasteiger partial charge is 0.349 e. The molecule has 22 heavy (non-hydrogen) atoms. The third-order valence-corrected chi connectivity index (χ3v) is 4.23. The molecule has 1 aliphatic carbocycles. The monoisotopic (exact) mass is 344 g/mol. The maximum Gasteiger partial charge on any atom is 0.204 e. The summed E-state index contributed by atoms with van der Waals surface area (Å²) in [6, 6.07) is 4.77. The van der Waals surface area contributed by atoms with Crippen LogP contribution in [0, 0.1) is 5.92 Å². The molecule has 0 saturated carbocycles. The van der Waals surface area contributed by atoms with Gasteiger partial charge in [0.25, 0.3) is 0 Å². The highest BCUT2D eigenvalue weighted by Gasteiger charge is 2.44. The normalized spacial score (nSPS) is 24.2. The number of benzene rings is 1. The van der Waals surface area contributed by atoms with Crippen LogP contribution in [0.4, 0.5) is 4.39 Å². The number of hydrogen-bond donors (Lipinski definition) is 0. The van der Waals surface area contributed by atoms with Gasteiger partial charge in [0, 0.05) is 25.4 Å². The number of hydrogen-bond acceptors (Lipinski definition) is 3. The molecule has 2 unspecified atom stereocenters. The summed E-state index contributed by atoms with van der Waals surface area (Å²) >= 11 is 12.1. The van der Waals surface area contributed by atoms with E-state index in [2.05, 4.69) is 0 Å². The van der Waals surface area contributed by atoms with E-state index >= 15 is 0 Å². The van der Waals surface area contributed by atoms with Crippen LogP contribution in [0.5, 0.6) is 0 Å². The Morgan fingerprint density at radius 1 is 1.41 bits per heavy atom. The Kier molecular flexibility index (Phi) is 5.40. The molecule has 0 saturated heterocycles. The smallest absolute Gasteiger partial charge is 0.204 e. The lowest BCUT2D eigenvalue weighted by atomic mass is 9.86. The molecule has 3 nitrogen and oxygen atoms in total. The van der Waals surface area contributed by atoms with E-state index in [-0.39, 0.29) is 28.0 Å². The van der Waals surface area contributed by atoms with Crippen LogP contribution >= 0.6 is 23.2 Å². The van der Waals surface area contributed by atoms with Crippen LogP contribution in [0.25, 0.3) is 0 Å². The Morgan fingerprint density at radius 3 is 2.77 bits per heavy atom. The Bertz CT molecular complexity index is 642. The van der Waals surface area contributed by atoms with Gasteiger partial charge < -0.3 is 9.47 Å². The Morgan fingerprint density at radius 2 is 2.14 bits per heavy atom. The van der Waals surface area contributed by atoms with E-state index in [0.29, 0.717) is 0 Å². The second kappa shape index (κ2) is 6.92. The predicted octanol–water partition coefficient (Wildman–Crippen LogP) is 4.59. The summed E-state index contributed by atoms with van der Waals surface area (Å²) < 4.78 is 24.5. The number of Topliss-reactive ketones (excluding diaryl/α,β-unsaturated/α-hetero) is 1. The van der Waals surface area contributed by atoms with Crippen LogP contribution in [0.2, 0.25) is 10.0 Å². The lowest BCUT2D eigenvalue weighted by Crippen LogP contribution is -2.45. The molecule has 0 aliphatic heterocycles. The molecule has 118 valence electrons. The van der Waals surface area contributed by atoms with Gasteiger partial charge in [-0.3, -0.25) is 4.79 Å². The molecule has 0 fully saturated rings. The summed E-state index contributed by atoms with van der Waals surface area (Å²) in [5, 5.41) is 0.424. The molecule has 2 atom stereocenters. The summed E-state index contributed by atoms with van der Waals surface area (Å²) in [5.74, 6) is -3.26. The molecular weight excluding hydrogens is 330 g/mol. The van der Waals surface area contributed by atoms with E-state index in [1.807, 2.05) is 0 Å². The molecular formula is C16H15Cl2FO3. The zero-order chi connectivity index (χ0) is 16.3. The van der Waals surface area contributed by atoms with Gasteiger partial charge >= 0.3 is 0 Å². The molecule has 0 aromatic heterocycles. The van der Waals surface area contributed by atoms with Gasteiger partial charge in [0.2, 0.25) is 5.79 Å². The first-order valence-corrected chi connectivity index (χ1v) is 7.44. The molecule has 6 heteroatoms. The highest BCUT2D eigenvalue weighted by Crippen LogP contribution is 2.37. The second-order valence-corrected chi connectivity index (χ2v) is 5.48. The number of carbonyl (C=O) groups is 1. The second-order valence-electron chi connectivity index (χ2n) is 4.69. The minimum absolute atomic E-state index is 0.152. The predicted molar refractivity (Wildman–Crippen MR) is 84.0 cm³/mol. The molecule has 2 rings (SSSR count). The first kappa shape index (κ1) is 17.2. The molecule has 0 amide bonds. The quantitative estimate of drug-likeness (QED) is 0.578. The van der Waals surface area contributed by atoms with Crippen molar-refractivity contribution >= 4 is 29.0 Å². The first-order valence-electron chi connectivity index (χ1n) is 6.69. The lowest BCUT2D eigenvalue weighted by molar-refractivity contribution is -0.200. The number of ether oxygens (including phenoxy) is 2. The lowest BCUT2D eigenvalue weighted by Gasteiger charge is -2.36. The van der Waals surface area contributed by atoms with Gasteiger partial charge in [0.15, 0.2) is 5.78 Å². The molecule has 0 N–H and O–H groups in total. The van der Waals surface area contributed by atoms with Crippen molar-refractivity contribution in [3.05, 3.63) is 57.9 Å². The van der Waals surface area contributed by atoms with E-state index in [4.69, 9.17) is 32.7 Å². The van der Waals surface area contributed by atoms with E-state index in [1.54, 1.807) is 25.1 Å². The van der Waals surface area contributed by atoms with Crippen molar-refractivity contribution in [1.82, 2.24) is 0 Å². The van der Waals surface area contributed by atoms with Gasteiger partial charge in [-0.25, -0.2) is 4.39 Å². The Hall–Kier alpha value is -1.20. The molecule has 1 aliphatic rings. The summed E-state index contributed by atoms with van der Waals surface area (Å²) in [6.07, 6.45) is 3.77. The van der Waals surface area contributed by atoms with Crippen molar-refractivity contribution in [2.45, 2.75) is 12.7 Å². The minimum atomic E-state index is -1.50. The SMILES string of the molecule is CCOC1(OC)C=C(F)C=CC1C(=O)c1cccc(Cl)c1Cl. The van der Waals surface area contributed by atoms with Crippen LogP contribution in [-0.4, -0.2) is 25.3 Å². The number of methoxy groups -OCH3 is 1. The van der Waals surface area contributed by atoms with Gasteiger partial charge in [-0.1, -0.05) is 35.3 Å². The third-order valence-electron chi connectivity index (χ3n) is 3.41. The minimum Gasteiger partial charge on any atom is -0.349 e. The summed E-state index contributed by atoms with van der Waals surface area (Å²) in [5.41, 5.74) is 0.237. The van der Waals surface area contributed by atoms with Crippen molar-refractivity contribution in [2.24, 2.45) is 5.92 Å². The van der Waals surface area contributed by atoms with E-state index in [0.717, 1.165) is 6.08 Å². The van der Waals surface area contributed by atoms with Gasteiger partial charge in [0.1, 0.15) is 5.83 Å². The van der Waals surface area contributed by atoms with Crippen LogP contribution in [0.15, 0.2) is 42.3 Å². The van der Waals surface area contributed by atoms with Gasteiger partial charge in [-0.2, -0.15) is 0 Å². The molecule has 0 radical (unpaired) electrons. The average Bonchev–Trinajstić information content (AvgIpc) is 2.50. The standard InChI is InChI=1S/C16H15Cl2FO3/c1-3-22-16(21-2)9-10(19)7-8-12(16)15(20)11-5-4-6-13(17)14(11)18/h4-9,12H,3H2,1-2H3. The van der Waals surface area contributed by atoms with Crippen molar-refractivity contribution < 1.29 is 18.7 Å². The van der Waals surface area contributed by atoms with Crippen LogP contribution < -0.4 is 0 Å². The maximum absolute atomic E-state index is 13.6. The summed E-state index contributed by atoms with van der Waals surface area (Å²) in [7, 11) is 1.36. The van der Waals surface area contributed by atoms with Crippen molar-refractivity contribution in [2.75, 3.05) is 13.7 Å². The fraction of sp³-hybridized carbons (Fsp3) is 0.312. The number of ketones is 1. The zero-order valence-corrected chi connectivity index (χ0v) is 13.6. The Labute approximate surface area is 138 Å². The van der Waals surface area contributed by atoms with E-state index < -0.39 is 17.5 Å².